The summed E-state index contributed by atoms with van der Waals surface area (Å²) in [7, 11) is 0. The number of rotatable bonds is 9. The third-order valence-electron chi connectivity index (χ3n) is 6.50. The summed E-state index contributed by atoms with van der Waals surface area (Å²) < 4.78 is 19.9. The van der Waals surface area contributed by atoms with Crippen molar-refractivity contribution < 1.29 is 47.1 Å². The average molecular weight is 530 g/mol. The van der Waals surface area contributed by atoms with Crippen LogP contribution < -0.4 is 0 Å². The van der Waals surface area contributed by atoms with Gasteiger partial charge in [0.15, 0.2) is 13.5 Å². The highest BCUT2D eigenvalue weighted by atomic mass is 16.6. The standard InChI is InChI=1S/C24H26N4O10/c1-15(25-9-19(29)27(20(30)10-25)13-37-23(33)17-5-3-7-35-17)16(2)26-11-21(31)28(22(32)12-26)14-38-24(34)18-6-4-8-36-18/h3-8,15-16H,9-14H2,1-2H3. The smallest absolute Gasteiger partial charge is 0.375 e. The van der Waals surface area contributed by atoms with Gasteiger partial charge < -0.3 is 18.3 Å². The lowest BCUT2D eigenvalue weighted by atomic mass is 10.1. The van der Waals surface area contributed by atoms with Gasteiger partial charge >= 0.3 is 11.9 Å². The molecule has 0 aromatic carbocycles. The maximum Gasteiger partial charge on any atom is 0.375 e. The van der Waals surface area contributed by atoms with Crippen LogP contribution >= 0.6 is 0 Å². The first-order chi connectivity index (χ1) is 18.2. The maximum atomic E-state index is 12.6. The minimum atomic E-state index is -0.802. The van der Waals surface area contributed by atoms with Crippen LogP contribution in [0.2, 0.25) is 0 Å². The van der Waals surface area contributed by atoms with Gasteiger partial charge in [-0.05, 0) is 38.1 Å². The van der Waals surface area contributed by atoms with Crippen LogP contribution in [0.15, 0.2) is 45.6 Å². The van der Waals surface area contributed by atoms with Crippen LogP contribution in [-0.4, -0.2) is 107 Å². The minimum Gasteiger partial charge on any atom is -0.457 e. The van der Waals surface area contributed by atoms with Crippen LogP contribution in [0.3, 0.4) is 0 Å². The van der Waals surface area contributed by atoms with Crippen LogP contribution in [-0.2, 0) is 28.7 Å². The van der Waals surface area contributed by atoms with Gasteiger partial charge in [-0.25, -0.2) is 19.4 Å². The van der Waals surface area contributed by atoms with Crippen LogP contribution in [0.4, 0.5) is 0 Å². The van der Waals surface area contributed by atoms with Crippen molar-refractivity contribution in [2.45, 2.75) is 25.9 Å². The van der Waals surface area contributed by atoms with Gasteiger partial charge in [0.2, 0.25) is 35.1 Å². The van der Waals surface area contributed by atoms with Gasteiger partial charge in [-0.15, -0.1) is 0 Å². The van der Waals surface area contributed by atoms with Crippen molar-refractivity contribution in [3.63, 3.8) is 0 Å². The largest absolute Gasteiger partial charge is 0.457 e. The summed E-state index contributed by atoms with van der Waals surface area (Å²) in [6.45, 7) is 1.99. The van der Waals surface area contributed by atoms with E-state index in [1.807, 2.05) is 0 Å². The number of furan rings is 2. The molecule has 14 nitrogen and oxygen atoms in total. The first-order valence-corrected chi connectivity index (χ1v) is 11.7. The van der Waals surface area contributed by atoms with Crippen LogP contribution in [0.1, 0.15) is 35.0 Å². The molecule has 0 bridgehead atoms. The van der Waals surface area contributed by atoms with Crippen molar-refractivity contribution in [2.75, 3.05) is 39.6 Å². The van der Waals surface area contributed by atoms with Gasteiger partial charge in [0.25, 0.3) is 0 Å². The van der Waals surface area contributed by atoms with E-state index in [0.29, 0.717) is 0 Å². The number of amides is 4. The molecule has 0 radical (unpaired) electrons. The highest BCUT2D eigenvalue weighted by Crippen LogP contribution is 2.18. The highest BCUT2D eigenvalue weighted by Gasteiger charge is 2.40. The summed E-state index contributed by atoms with van der Waals surface area (Å²) in [6.07, 6.45) is 2.60. The van der Waals surface area contributed by atoms with Gasteiger partial charge in [-0.1, -0.05) is 0 Å². The SMILES string of the molecule is CC(C(C)N1CC(=O)N(COC(=O)c2ccco2)C(=O)C1)N1CC(=O)N(COC(=O)c2ccco2)C(=O)C1. The predicted octanol–water partition coefficient (Wildman–Crippen LogP) is -0.0800. The number of hydrogen-bond donors (Lipinski definition) is 0. The molecule has 4 amide bonds. The normalized spacial score (nSPS) is 19.0. The Morgan fingerprint density at radius 1 is 0.711 bits per heavy atom. The number of esters is 2. The summed E-state index contributed by atoms with van der Waals surface area (Å²) in [5, 5.41) is 0. The van der Waals surface area contributed by atoms with Crippen molar-refractivity contribution in [1.29, 1.82) is 0 Å². The molecule has 0 N–H and O–H groups in total. The van der Waals surface area contributed by atoms with Gasteiger partial charge in [0.1, 0.15) is 0 Å². The van der Waals surface area contributed by atoms with Crippen molar-refractivity contribution in [3.05, 3.63) is 48.3 Å². The van der Waals surface area contributed by atoms with E-state index < -0.39 is 49.0 Å². The molecule has 38 heavy (non-hydrogen) atoms. The van der Waals surface area contributed by atoms with Gasteiger partial charge in [-0.2, -0.15) is 0 Å². The van der Waals surface area contributed by atoms with Crippen LogP contribution in [0.5, 0.6) is 0 Å². The fourth-order valence-electron chi connectivity index (χ4n) is 4.08. The Kier molecular flexibility index (Phi) is 8.02. The second-order valence-corrected chi connectivity index (χ2v) is 8.80. The molecule has 2 aromatic rings. The number of imide groups is 2. The lowest BCUT2D eigenvalue weighted by Gasteiger charge is -2.43. The fourth-order valence-corrected chi connectivity index (χ4v) is 4.08. The number of carbonyl (C=O) groups excluding carboxylic acids is 6. The summed E-state index contributed by atoms with van der Waals surface area (Å²) in [4.78, 5) is 79.4. The second-order valence-electron chi connectivity index (χ2n) is 8.80. The number of ether oxygens (including phenoxy) is 2. The molecule has 2 fully saturated rings. The number of nitrogens with zero attached hydrogens (tertiary/aromatic N) is 4. The maximum absolute atomic E-state index is 12.6. The molecule has 0 saturated carbocycles. The van der Waals surface area contributed by atoms with Gasteiger partial charge in [0, 0.05) is 12.1 Å². The van der Waals surface area contributed by atoms with Crippen LogP contribution in [0, 0.1) is 0 Å². The van der Waals surface area contributed by atoms with E-state index in [9.17, 15) is 28.8 Å². The molecule has 2 aliphatic heterocycles. The van der Waals surface area contributed by atoms with E-state index >= 15 is 0 Å². The minimum absolute atomic E-state index is 0.0501. The zero-order valence-electron chi connectivity index (χ0n) is 20.7. The monoisotopic (exact) mass is 530 g/mol. The predicted molar refractivity (Wildman–Crippen MR) is 124 cm³/mol. The Labute approximate surface area is 216 Å². The fraction of sp³-hybridized carbons (Fsp3) is 0.417. The Bertz CT molecular complexity index is 1080. The summed E-state index contributed by atoms with van der Waals surface area (Å²) in [6, 6.07) is 5.03. The van der Waals surface area contributed by atoms with E-state index in [1.165, 1.54) is 36.8 Å². The van der Waals surface area contributed by atoms with Crippen molar-refractivity contribution in [1.82, 2.24) is 19.6 Å². The topological polar surface area (TPSA) is 160 Å². The molecular formula is C24H26N4O10. The quantitative estimate of drug-likeness (QED) is 0.314. The second kappa shape index (κ2) is 11.4. The van der Waals surface area contributed by atoms with E-state index in [1.54, 1.807) is 23.6 Å². The van der Waals surface area contributed by atoms with E-state index in [0.717, 1.165) is 9.80 Å². The van der Waals surface area contributed by atoms with Gasteiger partial charge in [0.05, 0.1) is 38.7 Å². The summed E-state index contributed by atoms with van der Waals surface area (Å²) >= 11 is 0. The Hall–Kier alpha value is -4.30. The first-order valence-electron chi connectivity index (χ1n) is 11.7. The molecule has 2 saturated heterocycles. The van der Waals surface area contributed by atoms with Crippen LogP contribution in [0.25, 0.3) is 0 Å². The number of carbonyl (C=O) groups is 6. The molecule has 0 aliphatic carbocycles. The van der Waals surface area contributed by atoms with E-state index in [-0.39, 0.29) is 49.8 Å². The van der Waals surface area contributed by atoms with Crippen molar-refractivity contribution in [3.8, 4) is 0 Å². The molecule has 2 unspecified atom stereocenters. The first kappa shape index (κ1) is 26.8. The third kappa shape index (κ3) is 5.81. The molecule has 2 aromatic heterocycles. The molecule has 2 aliphatic rings. The Morgan fingerprint density at radius 3 is 1.34 bits per heavy atom. The molecule has 4 rings (SSSR count). The highest BCUT2D eigenvalue weighted by molar-refractivity contribution is 6.00. The van der Waals surface area contributed by atoms with Gasteiger partial charge in [-0.3, -0.25) is 29.0 Å². The average Bonchev–Trinajstić information content (AvgIpc) is 3.61. The molecule has 0 spiro atoms. The summed E-state index contributed by atoms with van der Waals surface area (Å²) in [5.74, 6) is -3.92. The third-order valence-corrected chi connectivity index (χ3v) is 6.50. The zero-order chi connectivity index (χ0) is 27.4. The molecule has 202 valence electrons. The lowest BCUT2D eigenvalue weighted by Crippen LogP contribution is -2.63. The van der Waals surface area contributed by atoms with E-state index in [4.69, 9.17) is 18.3 Å². The molecule has 4 heterocycles. The number of piperazine rings is 2. The Balaban J connectivity index is 1.28. The Morgan fingerprint density at radius 2 is 1.05 bits per heavy atom. The molecule has 2 atom stereocenters. The molecular weight excluding hydrogens is 504 g/mol. The zero-order valence-corrected chi connectivity index (χ0v) is 20.7. The summed E-state index contributed by atoms with van der Waals surface area (Å²) in [5.41, 5.74) is 0. The molecule has 14 heteroatoms. The van der Waals surface area contributed by atoms with E-state index in [2.05, 4.69) is 0 Å². The van der Waals surface area contributed by atoms with Crippen molar-refractivity contribution >= 4 is 35.6 Å². The van der Waals surface area contributed by atoms with Crippen molar-refractivity contribution in [2.24, 2.45) is 0 Å². The number of hydrogen-bond acceptors (Lipinski definition) is 12. The lowest BCUT2D eigenvalue weighted by molar-refractivity contribution is -0.161.